The van der Waals surface area contributed by atoms with Gasteiger partial charge < -0.3 is 63.2 Å². The molecule has 35 heteroatoms. The first-order valence-electron chi connectivity index (χ1n) is 41.1. The van der Waals surface area contributed by atoms with E-state index in [0.29, 0.717) is 53.6 Å². The molecule has 0 aliphatic carbocycles. The Morgan fingerprint density at radius 1 is 0.445 bits per heavy atom. The number of epoxide rings is 1. The Labute approximate surface area is 794 Å². The third-order valence-corrected chi connectivity index (χ3v) is 19.5. The van der Waals surface area contributed by atoms with Crippen LogP contribution in [0, 0.1) is 81.9 Å². The highest BCUT2D eigenvalue weighted by atomic mass is 35.5. The van der Waals surface area contributed by atoms with Crippen molar-refractivity contribution in [3.05, 3.63) is 372 Å². The predicted octanol–water partition coefficient (Wildman–Crippen LogP) is 18.2. The van der Waals surface area contributed by atoms with Crippen LogP contribution in [0.5, 0.6) is 17.2 Å². The number of halogens is 10. The number of esters is 3. The number of allylic oxidation sites excluding steroid dienone is 3. The lowest BCUT2D eigenvalue weighted by molar-refractivity contribution is -0.156. The summed E-state index contributed by atoms with van der Waals surface area (Å²) in [4.78, 5) is 151. The largest absolute Gasteiger partial charge is 0.483 e. The molecule has 0 radical (unpaired) electrons. The molecule has 3 amide bonds. The van der Waals surface area contributed by atoms with Crippen LogP contribution >= 0.6 is 12.4 Å². The van der Waals surface area contributed by atoms with E-state index in [0.717, 1.165) is 30.8 Å². The number of nitrogens with one attached hydrogen (secondary N) is 3. The zero-order valence-electron chi connectivity index (χ0n) is 74.4. The first-order chi connectivity index (χ1) is 63.2. The van der Waals surface area contributed by atoms with Crippen molar-refractivity contribution in [3.63, 3.8) is 0 Å². The Kier molecular flexibility index (Phi) is 50.9. The minimum atomic E-state index is -1.22. The van der Waals surface area contributed by atoms with Gasteiger partial charge in [-0.25, -0.2) is 39.5 Å². The molecule has 25 nitrogen and oxygen atoms in total. The molecule has 137 heavy (non-hydrogen) atoms. The molecule has 0 bridgehead atoms. The number of ether oxygens (including phenoxy) is 6. The lowest BCUT2D eigenvalue weighted by Gasteiger charge is -2.22. The average molecular weight is 1930 g/mol. The van der Waals surface area contributed by atoms with E-state index < -0.39 is 186 Å². The zero-order chi connectivity index (χ0) is 98.5. The van der Waals surface area contributed by atoms with Crippen molar-refractivity contribution >= 4 is 65.4 Å². The summed E-state index contributed by atoms with van der Waals surface area (Å²) >= 11 is 0. The number of ketones is 3. The summed E-state index contributed by atoms with van der Waals surface area (Å²) < 4.78 is 160. The summed E-state index contributed by atoms with van der Waals surface area (Å²) in [5.74, 6) is -19.4. The number of benzene rings is 6. The smallest absolute Gasteiger partial charge is 0.310 e. The molecule has 4 heterocycles. The van der Waals surface area contributed by atoms with Crippen molar-refractivity contribution in [1.82, 2.24) is 29.7 Å². The third-order valence-electron chi connectivity index (χ3n) is 19.5. The van der Waals surface area contributed by atoms with Crippen molar-refractivity contribution < 1.29 is 116 Å². The predicted molar refractivity (Wildman–Crippen MR) is 504 cm³/mol. The summed E-state index contributed by atoms with van der Waals surface area (Å²) in [5.41, 5.74) is -3.97. The van der Waals surface area contributed by atoms with Crippen molar-refractivity contribution in [3.8, 4) is 17.2 Å². The number of rotatable bonds is 40. The second-order valence-corrected chi connectivity index (χ2v) is 30.2. The Hall–Kier alpha value is -14.4. The number of pyridine rings is 3. The maximum atomic E-state index is 14.2. The van der Waals surface area contributed by atoms with Gasteiger partial charge in [0.2, 0.25) is 16.3 Å². The van der Waals surface area contributed by atoms with Gasteiger partial charge in [-0.05, 0) is 34.4 Å². The molecule has 9 aromatic rings. The monoisotopic (exact) mass is 1930 g/mol. The van der Waals surface area contributed by atoms with Gasteiger partial charge in [0.05, 0.1) is 25.9 Å². The number of aromatic nitrogens is 3. The standard InChI is InChI=1S/C33H33F3N2O6.C31H31F3N2O5.C27H25F3N2O4.C4H6O3.C4H6O.3CH4.ClH/c1-5-20(3)12-29(40)30-32(44-19-23-10-8-7-9-11-23)31(41)26(17-38(30)16-22(6-2)18-43-21(4)39)33(42)37-15-25-27(35)13-24(34)14-28(25)36;1-4-19(3)11-27(38)28-30(41-18-21-9-7-6-8-10-21)29(39)24(16-36(28)15-20(5-2)17-37)31(40)35-14-23-25(33)12-22(32)13-26(23)34;1-4-16(2)10-23(33)24-26(36-15-17-8-6-5-7-9-17)25(34)20(14-32(24)3)27(35)31-13-19-21(29)11-18(28)12-22(19)30;1-3(5)7-4(2)6;1-2-4-3-5-4;;;;/h5-11,13-14,17,20,22H,1-2,12,15-16,18-19H2,3-4H3,(H,37,42);4-10,12-13,16,19-20,37H,1-2,11,14-15,17-18H2,3H3,(H,35,40);4-9,11-12,14,16H,1,10,13,15H2,2-3H3,(H,31,35);1-2H3;2,4H,1,3H2;3*1H4;1H/t20-,22-;19-,20-;16-;;;;;;/m000....../s1. The summed E-state index contributed by atoms with van der Waals surface area (Å²) in [6.07, 6.45) is 13.4. The quantitative estimate of drug-likeness (QED) is 0.00692. The van der Waals surface area contributed by atoms with Gasteiger partial charge in [-0.3, -0.25) is 57.5 Å². The first-order valence-corrected chi connectivity index (χ1v) is 41.1. The molecule has 736 valence electrons. The van der Waals surface area contributed by atoms with Crippen LogP contribution in [0.3, 0.4) is 0 Å². The fourth-order valence-electron chi connectivity index (χ4n) is 12.2. The molecule has 1 unspecified atom stereocenters. The summed E-state index contributed by atoms with van der Waals surface area (Å²) in [6, 6.07) is 29.4. The van der Waals surface area contributed by atoms with Crippen LogP contribution < -0.4 is 46.4 Å². The number of carbonyl (C=O) groups is 9. The van der Waals surface area contributed by atoms with Gasteiger partial charge in [0.15, 0.2) is 34.6 Å². The highest BCUT2D eigenvalue weighted by Gasteiger charge is 2.32. The van der Waals surface area contributed by atoms with E-state index >= 15 is 0 Å². The number of aliphatic hydroxyl groups is 1. The van der Waals surface area contributed by atoms with Crippen molar-refractivity contribution in [1.29, 1.82) is 0 Å². The number of nitrogens with zero attached hydrogens (tertiary/aromatic N) is 3. The normalized spacial score (nSPS) is 12.2. The fourth-order valence-corrected chi connectivity index (χ4v) is 12.2. The molecule has 0 saturated carbocycles. The number of Topliss-reactive ketones (excluding diaryl/α,β-unsaturated/α-hetero) is 3. The van der Waals surface area contributed by atoms with E-state index in [4.69, 9.17) is 23.7 Å². The van der Waals surface area contributed by atoms with Gasteiger partial charge in [0.1, 0.15) is 106 Å². The molecular formula is C102H114ClF9N6O19. The van der Waals surface area contributed by atoms with Crippen molar-refractivity contribution in [2.45, 2.75) is 142 Å². The van der Waals surface area contributed by atoms with Crippen LogP contribution in [-0.4, -0.2) is 97.7 Å². The minimum Gasteiger partial charge on any atom is -0.483 e. The van der Waals surface area contributed by atoms with Crippen LogP contribution in [-0.2, 0) is 88.2 Å². The molecule has 6 atom stereocenters. The third kappa shape index (κ3) is 36.7. The zero-order valence-corrected chi connectivity index (χ0v) is 75.2. The second kappa shape index (κ2) is 58.7. The molecule has 4 N–H and O–H groups in total. The Bertz CT molecular complexity index is 5850. The van der Waals surface area contributed by atoms with E-state index in [-0.39, 0.29) is 152 Å². The number of carbonyl (C=O) groups excluding carboxylic acids is 9. The van der Waals surface area contributed by atoms with Gasteiger partial charge in [-0.15, -0.1) is 51.9 Å². The number of hydrogen-bond donors (Lipinski definition) is 4. The molecule has 1 aliphatic heterocycles. The Balaban J connectivity index is 0.000000645. The number of aryl methyl sites for hydroxylation is 1. The van der Waals surface area contributed by atoms with Gasteiger partial charge in [0, 0.05) is 163 Å². The molecule has 10 rings (SSSR count). The Morgan fingerprint density at radius 3 is 0.978 bits per heavy atom. The van der Waals surface area contributed by atoms with Gasteiger partial charge in [0.25, 0.3) is 17.7 Å². The average Bonchev–Trinajstić information content (AvgIpc) is 1.55. The second-order valence-electron chi connectivity index (χ2n) is 30.2. The summed E-state index contributed by atoms with van der Waals surface area (Å²) in [7, 11) is 1.48. The SMILES string of the molecule is C.C.C.C=CC1CO1.C=C[C@H](C)CC(=O)c1c(OCc2ccccc2)c(=O)c(C(=O)NCc2c(F)cc(F)cc2F)cn1C.C=C[C@H](CO)Cn1cc(C(=O)NCc2c(F)cc(F)cc2F)c(=O)c(OCc2ccccc2)c1C(=O)C[C@@H](C)C=C.C=C[C@H](COC(C)=O)Cn1cc(C(=O)NCc2c(F)cc(F)cc2F)c(=O)c(OCc2ccccc2)c1C(=O)C[C@@H](C)C=C.CC(=O)OC(C)=O.Cl. The fraction of sp³-hybridized carbons (Fsp3) is 0.294. The van der Waals surface area contributed by atoms with E-state index in [1.54, 1.807) is 130 Å². The Morgan fingerprint density at radius 2 is 0.730 bits per heavy atom. The van der Waals surface area contributed by atoms with Gasteiger partial charge >= 0.3 is 17.9 Å². The van der Waals surface area contributed by atoms with E-state index in [9.17, 15) is 102 Å². The van der Waals surface area contributed by atoms with E-state index in [2.05, 4.69) is 60.2 Å². The lowest BCUT2D eigenvalue weighted by Crippen LogP contribution is -2.33. The topological polar surface area (TPSA) is 335 Å². The summed E-state index contributed by atoms with van der Waals surface area (Å²) in [5, 5.41) is 16.6. The minimum absolute atomic E-state index is 0. The summed E-state index contributed by atoms with van der Waals surface area (Å²) in [6.45, 7) is 29.0. The molecule has 0 spiro atoms. The number of hydrogen-bond acceptors (Lipinski definition) is 19. The molecule has 6 aromatic carbocycles. The molecule has 1 saturated heterocycles. The van der Waals surface area contributed by atoms with Crippen molar-refractivity contribution in [2.24, 2.45) is 36.6 Å². The maximum Gasteiger partial charge on any atom is 0.310 e. The number of amides is 3. The first kappa shape index (κ1) is 119. The molecule has 1 aliphatic rings. The highest BCUT2D eigenvalue weighted by molar-refractivity contribution is 6.02. The highest BCUT2D eigenvalue weighted by Crippen LogP contribution is 2.29. The molecular weight excluding hydrogens is 1820 g/mol. The van der Waals surface area contributed by atoms with Crippen LogP contribution in [0.1, 0.15) is 179 Å². The molecule has 3 aromatic heterocycles. The van der Waals surface area contributed by atoms with Gasteiger partial charge in [-0.1, -0.05) is 171 Å². The molecule has 1 fully saturated rings. The van der Waals surface area contributed by atoms with Crippen LogP contribution in [0.25, 0.3) is 0 Å². The van der Waals surface area contributed by atoms with Crippen LogP contribution in [0.2, 0.25) is 0 Å². The number of aliphatic hydroxyl groups excluding tert-OH is 1. The van der Waals surface area contributed by atoms with E-state index in [1.165, 1.54) is 53.7 Å². The lowest BCUT2D eigenvalue weighted by atomic mass is 10.0. The van der Waals surface area contributed by atoms with Crippen molar-refractivity contribution in [2.75, 3.05) is 19.8 Å². The maximum absolute atomic E-state index is 14.2. The van der Waals surface area contributed by atoms with Crippen LogP contribution in [0.4, 0.5) is 39.5 Å². The van der Waals surface area contributed by atoms with Crippen LogP contribution in [0.15, 0.2) is 236 Å². The van der Waals surface area contributed by atoms with E-state index in [1.807, 2.05) is 6.07 Å². The van der Waals surface area contributed by atoms with Gasteiger partial charge in [-0.2, -0.15) is 0 Å².